The van der Waals surface area contributed by atoms with E-state index in [2.05, 4.69) is 5.32 Å². The first kappa shape index (κ1) is 18.9. The SMILES string of the molecule is COc1cccc(NC(=O)CN2c3ccc(F)cc3-c3ccccc3S2(=O)=O)c1. The van der Waals surface area contributed by atoms with Gasteiger partial charge < -0.3 is 10.1 Å². The van der Waals surface area contributed by atoms with Crippen LogP contribution in [0.2, 0.25) is 0 Å². The lowest BCUT2D eigenvalue weighted by atomic mass is 10.0. The lowest BCUT2D eigenvalue weighted by Crippen LogP contribution is -2.40. The molecule has 0 aliphatic carbocycles. The predicted molar refractivity (Wildman–Crippen MR) is 108 cm³/mol. The molecule has 0 bridgehead atoms. The van der Waals surface area contributed by atoms with Crippen LogP contribution in [0.25, 0.3) is 11.1 Å². The number of benzene rings is 3. The minimum absolute atomic E-state index is 0.0345. The maximum absolute atomic E-state index is 13.9. The molecule has 0 atom stereocenters. The average molecular weight is 412 g/mol. The maximum atomic E-state index is 13.9. The van der Waals surface area contributed by atoms with Crippen LogP contribution in [-0.2, 0) is 14.8 Å². The Bertz CT molecular complexity index is 1210. The number of methoxy groups -OCH3 is 1. The van der Waals surface area contributed by atoms with Crippen molar-refractivity contribution in [1.82, 2.24) is 0 Å². The number of hydrogen-bond acceptors (Lipinski definition) is 4. The molecule has 148 valence electrons. The number of ether oxygens (including phenoxy) is 1. The Hall–Kier alpha value is -3.39. The number of nitrogens with one attached hydrogen (secondary N) is 1. The summed E-state index contributed by atoms with van der Waals surface area (Å²) in [6, 6.07) is 16.9. The number of carbonyl (C=O) groups excluding carboxylic acids is 1. The molecule has 1 heterocycles. The summed E-state index contributed by atoms with van der Waals surface area (Å²) in [5, 5.41) is 2.67. The van der Waals surface area contributed by atoms with E-state index in [9.17, 15) is 17.6 Å². The number of rotatable bonds is 4. The number of fused-ring (bicyclic) bond motifs is 3. The Kier molecular flexibility index (Phi) is 4.71. The Morgan fingerprint density at radius 2 is 1.83 bits per heavy atom. The molecule has 1 aliphatic rings. The molecular weight excluding hydrogens is 395 g/mol. The molecule has 0 radical (unpaired) electrons. The zero-order valence-electron chi connectivity index (χ0n) is 15.4. The minimum Gasteiger partial charge on any atom is -0.497 e. The quantitative estimate of drug-likeness (QED) is 0.710. The highest BCUT2D eigenvalue weighted by atomic mass is 32.2. The van der Waals surface area contributed by atoms with Crippen molar-refractivity contribution in [1.29, 1.82) is 0 Å². The van der Waals surface area contributed by atoms with Gasteiger partial charge in [0.25, 0.3) is 10.0 Å². The van der Waals surface area contributed by atoms with Gasteiger partial charge in [-0.25, -0.2) is 12.8 Å². The summed E-state index contributed by atoms with van der Waals surface area (Å²) < 4.78 is 46.3. The number of anilines is 2. The van der Waals surface area contributed by atoms with Crippen molar-refractivity contribution in [3.05, 3.63) is 72.5 Å². The van der Waals surface area contributed by atoms with E-state index in [-0.39, 0.29) is 10.6 Å². The highest BCUT2D eigenvalue weighted by Gasteiger charge is 2.36. The zero-order chi connectivity index (χ0) is 20.6. The summed E-state index contributed by atoms with van der Waals surface area (Å²) in [6.07, 6.45) is 0. The fourth-order valence-electron chi connectivity index (χ4n) is 3.31. The second kappa shape index (κ2) is 7.21. The fourth-order valence-corrected chi connectivity index (χ4v) is 4.95. The Balaban J connectivity index is 1.71. The van der Waals surface area contributed by atoms with E-state index < -0.39 is 28.3 Å². The number of carbonyl (C=O) groups is 1. The predicted octanol–water partition coefficient (Wildman–Crippen LogP) is 3.65. The fraction of sp³-hybridized carbons (Fsp3) is 0.0952. The van der Waals surface area contributed by atoms with Gasteiger partial charge in [0, 0.05) is 22.9 Å². The molecule has 8 heteroatoms. The standard InChI is InChI=1S/C21H17FN2O4S/c1-28-16-6-4-5-15(12-16)23-21(25)13-24-19-10-9-14(22)11-18(19)17-7-2-3-8-20(17)29(24,26)27/h2-12H,13H2,1H3,(H,23,25). The normalized spacial score (nSPS) is 13.9. The number of sulfonamides is 1. The summed E-state index contributed by atoms with van der Waals surface area (Å²) in [7, 11) is -2.48. The van der Waals surface area contributed by atoms with Gasteiger partial charge in [-0.3, -0.25) is 9.10 Å². The molecule has 3 aromatic rings. The molecule has 4 rings (SSSR count). The van der Waals surface area contributed by atoms with Crippen LogP contribution in [0, 0.1) is 5.82 Å². The molecule has 0 fully saturated rings. The summed E-state index contributed by atoms with van der Waals surface area (Å²) in [6.45, 7) is -0.452. The smallest absolute Gasteiger partial charge is 0.265 e. The molecule has 29 heavy (non-hydrogen) atoms. The first-order valence-corrected chi connectivity index (χ1v) is 10.2. The second-order valence-corrected chi connectivity index (χ2v) is 8.28. The Morgan fingerprint density at radius 1 is 1.03 bits per heavy atom. The van der Waals surface area contributed by atoms with Gasteiger partial charge in [0.2, 0.25) is 5.91 Å². The topological polar surface area (TPSA) is 75.7 Å². The molecule has 0 spiro atoms. The number of amides is 1. The van der Waals surface area contributed by atoms with Crippen LogP contribution in [0.5, 0.6) is 5.75 Å². The molecule has 1 N–H and O–H groups in total. The van der Waals surface area contributed by atoms with Crippen molar-refractivity contribution in [2.24, 2.45) is 0 Å². The van der Waals surface area contributed by atoms with E-state index in [1.807, 2.05) is 0 Å². The second-order valence-electron chi connectivity index (χ2n) is 6.45. The van der Waals surface area contributed by atoms with E-state index in [0.29, 0.717) is 22.6 Å². The summed E-state index contributed by atoms with van der Waals surface area (Å²) in [4.78, 5) is 12.7. The summed E-state index contributed by atoms with van der Waals surface area (Å²) >= 11 is 0. The van der Waals surface area contributed by atoms with E-state index in [4.69, 9.17) is 4.74 Å². The monoisotopic (exact) mass is 412 g/mol. The van der Waals surface area contributed by atoms with Crippen molar-refractivity contribution in [2.45, 2.75) is 4.90 Å². The molecule has 0 unspecified atom stereocenters. The van der Waals surface area contributed by atoms with Gasteiger partial charge in [0.05, 0.1) is 17.7 Å². The van der Waals surface area contributed by atoms with Gasteiger partial charge in [0.15, 0.2) is 0 Å². The first-order chi connectivity index (χ1) is 13.9. The number of halogens is 1. The van der Waals surface area contributed by atoms with Gasteiger partial charge in [0.1, 0.15) is 18.1 Å². The molecule has 1 aliphatic heterocycles. The van der Waals surface area contributed by atoms with E-state index in [1.165, 1.54) is 31.4 Å². The van der Waals surface area contributed by atoms with E-state index in [1.54, 1.807) is 42.5 Å². The van der Waals surface area contributed by atoms with Gasteiger partial charge in [-0.2, -0.15) is 0 Å². The Labute approximate surface area is 167 Å². The van der Waals surface area contributed by atoms with Crippen LogP contribution in [0.4, 0.5) is 15.8 Å². The summed E-state index contributed by atoms with van der Waals surface area (Å²) in [5.41, 5.74) is 1.56. The molecular formula is C21H17FN2O4S. The van der Waals surface area contributed by atoms with Gasteiger partial charge >= 0.3 is 0 Å². The average Bonchev–Trinajstić information content (AvgIpc) is 2.71. The first-order valence-electron chi connectivity index (χ1n) is 8.76. The van der Waals surface area contributed by atoms with Crippen molar-refractivity contribution in [3.63, 3.8) is 0 Å². The number of hydrogen-bond donors (Lipinski definition) is 1. The molecule has 1 amide bonds. The van der Waals surface area contributed by atoms with Gasteiger partial charge in [-0.05, 0) is 36.4 Å². The van der Waals surface area contributed by atoms with Gasteiger partial charge in [-0.1, -0.05) is 24.3 Å². The molecule has 3 aromatic carbocycles. The third-order valence-electron chi connectivity index (χ3n) is 4.61. The lowest BCUT2D eigenvalue weighted by Gasteiger charge is -2.31. The van der Waals surface area contributed by atoms with Crippen molar-refractivity contribution in [3.8, 4) is 16.9 Å². The lowest BCUT2D eigenvalue weighted by molar-refractivity contribution is -0.114. The van der Waals surface area contributed by atoms with Crippen molar-refractivity contribution >= 4 is 27.3 Å². The van der Waals surface area contributed by atoms with Crippen LogP contribution >= 0.6 is 0 Å². The zero-order valence-corrected chi connectivity index (χ0v) is 16.2. The van der Waals surface area contributed by atoms with Crippen molar-refractivity contribution in [2.75, 3.05) is 23.3 Å². The molecule has 0 saturated heterocycles. The van der Waals surface area contributed by atoms with Crippen LogP contribution in [0.3, 0.4) is 0 Å². The van der Waals surface area contributed by atoms with Crippen LogP contribution in [-0.4, -0.2) is 28.0 Å². The highest BCUT2D eigenvalue weighted by Crippen LogP contribution is 2.43. The molecule has 0 saturated carbocycles. The van der Waals surface area contributed by atoms with Crippen LogP contribution in [0.1, 0.15) is 0 Å². The van der Waals surface area contributed by atoms with E-state index >= 15 is 0 Å². The molecule has 0 aromatic heterocycles. The summed E-state index contributed by atoms with van der Waals surface area (Å²) in [5.74, 6) is -0.460. The van der Waals surface area contributed by atoms with Gasteiger partial charge in [-0.15, -0.1) is 0 Å². The Morgan fingerprint density at radius 3 is 2.62 bits per heavy atom. The molecule has 6 nitrogen and oxygen atoms in total. The minimum atomic E-state index is -3.98. The van der Waals surface area contributed by atoms with E-state index in [0.717, 1.165) is 4.31 Å². The van der Waals surface area contributed by atoms with Crippen LogP contribution < -0.4 is 14.4 Å². The number of nitrogens with zero attached hydrogens (tertiary/aromatic N) is 1. The van der Waals surface area contributed by atoms with Crippen LogP contribution in [0.15, 0.2) is 71.6 Å². The largest absolute Gasteiger partial charge is 0.497 e. The highest BCUT2D eigenvalue weighted by molar-refractivity contribution is 7.93. The third kappa shape index (κ3) is 3.42. The third-order valence-corrected chi connectivity index (χ3v) is 6.43. The van der Waals surface area contributed by atoms with Crippen molar-refractivity contribution < 1.29 is 22.3 Å². The maximum Gasteiger partial charge on any atom is 0.265 e.